The Hall–Kier alpha value is -3.57. The number of benzene rings is 4. The summed E-state index contributed by atoms with van der Waals surface area (Å²) in [4.78, 5) is 0.430. The van der Waals surface area contributed by atoms with Crippen molar-refractivity contribution in [3.63, 3.8) is 0 Å². The zero-order valence-corrected chi connectivity index (χ0v) is 21.8. The van der Waals surface area contributed by atoms with Crippen LogP contribution in [0.25, 0.3) is 11.1 Å². The van der Waals surface area contributed by atoms with Gasteiger partial charge in [0.25, 0.3) is 0 Å². The molecule has 180 valence electrons. The van der Waals surface area contributed by atoms with Crippen LogP contribution in [0.5, 0.6) is 17.2 Å². The van der Waals surface area contributed by atoms with Gasteiger partial charge in [-0.15, -0.1) is 0 Å². The van der Waals surface area contributed by atoms with Crippen LogP contribution in [0.15, 0.2) is 82.6 Å². The van der Waals surface area contributed by atoms with Crippen molar-refractivity contribution in [2.45, 2.75) is 44.4 Å². The molecule has 0 heterocycles. The van der Waals surface area contributed by atoms with E-state index in [0.717, 1.165) is 22.4 Å². The highest BCUT2D eigenvalue weighted by Crippen LogP contribution is 2.35. The van der Waals surface area contributed by atoms with Gasteiger partial charge in [0.1, 0.15) is 17.2 Å². The van der Waals surface area contributed by atoms with Crippen LogP contribution in [0, 0.1) is 34.6 Å². The van der Waals surface area contributed by atoms with Crippen LogP contribution in [0.1, 0.15) is 27.8 Å². The van der Waals surface area contributed by atoms with E-state index in [2.05, 4.69) is 45.0 Å². The molecule has 0 atom stereocenters. The van der Waals surface area contributed by atoms with Crippen molar-refractivity contribution in [1.82, 2.24) is 0 Å². The van der Waals surface area contributed by atoms with Crippen LogP contribution in [-0.2, 0) is 9.84 Å². The monoisotopic (exact) mass is 486 g/mol. The highest BCUT2D eigenvalue weighted by molar-refractivity contribution is 7.91. The molecule has 0 aromatic heterocycles. The molecule has 0 aliphatic rings. The van der Waals surface area contributed by atoms with Gasteiger partial charge in [0.2, 0.25) is 9.84 Å². The minimum absolute atomic E-state index is 0.212. The summed E-state index contributed by atoms with van der Waals surface area (Å²) in [5.74, 6) is 1.97. The molecule has 0 saturated heterocycles. The van der Waals surface area contributed by atoms with Gasteiger partial charge in [-0.3, -0.25) is 0 Å². The van der Waals surface area contributed by atoms with Crippen LogP contribution in [0.4, 0.5) is 0 Å². The fraction of sp³-hybridized carbons (Fsp3) is 0.200. The van der Waals surface area contributed by atoms with Crippen LogP contribution in [-0.4, -0.2) is 15.5 Å². The minimum atomic E-state index is -3.63. The van der Waals surface area contributed by atoms with Gasteiger partial charge in [0.15, 0.2) is 0 Å². The van der Waals surface area contributed by atoms with Crippen molar-refractivity contribution in [3.05, 3.63) is 101 Å². The van der Waals surface area contributed by atoms with Crippen molar-refractivity contribution >= 4 is 9.84 Å². The summed E-state index contributed by atoms with van der Waals surface area (Å²) >= 11 is 0. The molecule has 0 fully saturated rings. The third kappa shape index (κ3) is 4.96. The number of aryl methyl sites for hydroxylation is 4. The average Bonchev–Trinajstić information content (AvgIpc) is 2.84. The molecule has 0 bridgehead atoms. The molecule has 5 heteroatoms. The van der Waals surface area contributed by atoms with E-state index in [-0.39, 0.29) is 9.79 Å². The SMILES string of the molecule is COc1ccc(S(=O)(=O)c2ccc(Oc3c(C)cc(-c4cc(C)c(C)c(C)c4)cc3C)cc2)cc1. The lowest BCUT2D eigenvalue weighted by molar-refractivity contribution is 0.414. The molecule has 4 aromatic carbocycles. The predicted octanol–water partition coefficient (Wildman–Crippen LogP) is 7.53. The molecule has 0 unspecified atom stereocenters. The Balaban J connectivity index is 1.59. The molecule has 0 amide bonds. The second-order valence-corrected chi connectivity index (χ2v) is 10.9. The van der Waals surface area contributed by atoms with E-state index in [9.17, 15) is 8.42 Å². The van der Waals surface area contributed by atoms with Gasteiger partial charge in [-0.1, -0.05) is 12.1 Å². The lowest BCUT2D eigenvalue weighted by atomic mass is 9.94. The summed E-state index contributed by atoms with van der Waals surface area (Å²) in [6.07, 6.45) is 0. The fourth-order valence-corrected chi connectivity index (χ4v) is 5.44. The molecule has 0 saturated carbocycles. The molecule has 4 nitrogen and oxygen atoms in total. The quantitative estimate of drug-likeness (QED) is 0.283. The summed E-state index contributed by atoms with van der Waals surface area (Å²) in [5, 5.41) is 0. The smallest absolute Gasteiger partial charge is 0.206 e. The van der Waals surface area contributed by atoms with Crippen molar-refractivity contribution in [2.24, 2.45) is 0 Å². The molecular formula is C30H30O4S. The van der Waals surface area contributed by atoms with Gasteiger partial charge in [-0.05, 0) is 134 Å². The molecule has 0 N–H and O–H groups in total. The highest BCUT2D eigenvalue weighted by atomic mass is 32.2. The van der Waals surface area contributed by atoms with Gasteiger partial charge in [0.05, 0.1) is 16.9 Å². The molecule has 35 heavy (non-hydrogen) atoms. The molecule has 0 aliphatic carbocycles. The highest BCUT2D eigenvalue weighted by Gasteiger charge is 2.18. The summed E-state index contributed by atoms with van der Waals surface area (Å²) in [7, 11) is -2.08. The molecule has 4 rings (SSSR count). The lowest BCUT2D eigenvalue weighted by Gasteiger charge is -2.16. The average molecular weight is 487 g/mol. The molecule has 0 radical (unpaired) electrons. The largest absolute Gasteiger partial charge is 0.497 e. The zero-order valence-electron chi connectivity index (χ0n) is 21.0. The number of ether oxygens (including phenoxy) is 2. The van der Waals surface area contributed by atoms with Gasteiger partial charge in [0, 0.05) is 0 Å². The van der Waals surface area contributed by atoms with Crippen molar-refractivity contribution in [3.8, 4) is 28.4 Å². The summed E-state index contributed by atoms with van der Waals surface area (Å²) in [6.45, 7) is 10.5. The Bertz CT molecular complexity index is 1440. The number of rotatable bonds is 6. The third-order valence-corrected chi connectivity index (χ3v) is 8.23. The normalized spacial score (nSPS) is 11.4. The first-order valence-electron chi connectivity index (χ1n) is 11.5. The first kappa shape index (κ1) is 24.6. The molecule has 4 aromatic rings. The summed E-state index contributed by atoms with van der Waals surface area (Å²) in [5.41, 5.74) is 8.26. The zero-order chi connectivity index (χ0) is 25.3. The van der Waals surface area contributed by atoms with Gasteiger partial charge >= 0.3 is 0 Å². The van der Waals surface area contributed by atoms with E-state index in [1.807, 2.05) is 13.8 Å². The van der Waals surface area contributed by atoms with Crippen LogP contribution in [0.3, 0.4) is 0 Å². The van der Waals surface area contributed by atoms with Gasteiger partial charge in [-0.2, -0.15) is 0 Å². The Kier molecular flexibility index (Phi) is 6.73. The summed E-state index contributed by atoms with van der Waals surface area (Å²) in [6, 6.07) is 21.6. The van der Waals surface area contributed by atoms with E-state index < -0.39 is 9.84 Å². The van der Waals surface area contributed by atoms with Gasteiger partial charge in [-0.25, -0.2) is 8.42 Å². The number of sulfone groups is 1. The second kappa shape index (κ2) is 9.59. The fourth-order valence-electron chi connectivity index (χ4n) is 4.18. The molecule has 0 aliphatic heterocycles. The number of hydrogen-bond donors (Lipinski definition) is 0. The van der Waals surface area contributed by atoms with E-state index in [1.165, 1.54) is 22.3 Å². The standard InChI is InChI=1S/C30H30O4S/c1-19-15-24(16-20(2)23(19)5)25-17-21(3)30(22(4)18-25)34-27-9-13-29(14-10-27)35(31,32)28-11-7-26(33-6)8-12-28/h7-18H,1-6H3. The van der Waals surface area contributed by atoms with Gasteiger partial charge < -0.3 is 9.47 Å². The topological polar surface area (TPSA) is 52.6 Å². The minimum Gasteiger partial charge on any atom is -0.497 e. The maximum absolute atomic E-state index is 13.0. The Morgan fingerprint density at radius 1 is 0.571 bits per heavy atom. The van der Waals surface area contributed by atoms with Crippen molar-refractivity contribution < 1.29 is 17.9 Å². The molecule has 0 spiro atoms. The van der Waals surface area contributed by atoms with E-state index in [0.29, 0.717) is 11.5 Å². The predicted molar refractivity (Wildman–Crippen MR) is 141 cm³/mol. The van der Waals surface area contributed by atoms with E-state index in [1.54, 1.807) is 55.6 Å². The summed E-state index contributed by atoms with van der Waals surface area (Å²) < 4.78 is 37.2. The van der Waals surface area contributed by atoms with Crippen LogP contribution >= 0.6 is 0 Å². The Labute approximate surface area is 208 Å². The maximum atomic E-state index is 13.0. The van der Waals surface area contributed by atoms with E-state index in [4.69, 9.17) is 9.47 Å². The van der Waals surface area contributed by atoms with Crippen molar-refractivity contribution in [2.75, 3.05) is 7.11 Å². The maximum Gasteiger partial charge on any atom is 0.206 e. The van der Waals surface area contributed by atoms with Crippen LogP contribution in [0.2, 0.25) is 0 Å². The Morgan fingerprint density at radius 2 is 0.971 bits per heavy atom. The lowest BCUT2D eigenvalue weighted by Crippen LogP contribution is -2.02. The second-order valence-electron chi connectivity index (χ2n) is 8.93. The van der Waals surface area contributed by atoms with Crippen LogP contribution < -0.4 is 9.47 Å². The third-order valence-electron chi connectivity index (χ3n) is 6.44. The Morgan fingerprint density at radius 3 is 1.40 bits per heavy atom. The van der Waals surface area contributed by atoms with E-state index >= 15 is 0 Å². The molecular weight excluding hydrogens is 456 g/mol. The number of hydrogen-bond acceptors (Lipinski definition) is 4. The van der Waals surface area contributed by atoms with Crippen molar-refractivity contribution in [1.29, 1.82) is 0 Å². The first-order chi connectivity index (χ1) is 16.6. The number of methoxy groups -OCH3 is 1. The first-order valence-corrected chi connectivity index (χ1v) is 12.9.